The molecule has 24 heavy (non-hydrogen) atoms. The van der Waals surface area contributed by atoms with Crippen LogP contribution in [0.2, 0.25) is 0 Å². The molecule has 1 aliphatic rings. The van der Waals surface area contributed by atoms with Crippen molar-refractivity contribution in [2.75, 3.05) is 18.9 Å². The number of aliphatic hydroxyl groups excluding tert-OH is 3. The van der Waals surface area contributed by atoms with Gasteiger partial charge in [0.15, 0.2) is 17.0 Å². The van der Waals surface area contributed by atoms with Crippen LogP contribution in [-0.2, 0) is 4.74 Å². The Hall–Kier alpha value is -2.45. The summed E-state index contributed by atoms with van der Waals surface area (Å²) < 4.78 is 7.09. The number of aromatic amines is 1. The van der Waals surface area contributed by atoms with Crippen molar-refractivity contribution >= 4 is 17.1 Å². The van der Waals surface area contributed by atoms with Crippen LogP contribution in [0.15, 0.2) is 4.79 Å². The Balaban J connectivity index is 2.15. The molecule has 1 aliphatic heterocycles. The Morgan fingerprint density at radius 1 is 1.42 bits per heavy atom. The molecule has 2 aromatic rings. The number of nitrogens with zero attached hydrogens (tertiary/aromatic N) is 3. The summed E-state index contributed by atoms with van der Waals surface area (Å²) in [6, 6.07) is 0. The van der Waals surface area contributed by atoms with E-state index in [9.17, 15) is 15.0 Å². The first kappa shape index (κ1) is 16.4. The fourth-order valence-corrected chi connectivity index (χ4v) is 2.60. The number of hydrogen-bond donors (Lipinski definition) is 5. The second kappa shape index (κ2) is 6.58. The molecule has 0 spiro atoms. The lowest BCUT2D eigenvalue weighted by Crippen LogP contribution is -2.24. The summed E-state index contributed by atoms with van der Waals surface area (Å²) in [5.41, 5.74) is 5.31. The van der Waals surface area contributed by atoms with Crippen LogP contribution in [0.4, 0.5) is 5.95 Å². The van der Waals surface area contributed by atoms with Gasteiger partial charge in [0.1, 0.15) is 12.3 Å². The highest BCUT2D eigenvalue weighted by atomic mass is 16.5. The number of imidazole rings is 1. The van der Waals surface area contributed by atoms with E-state index in [2.05, 4.69) is 26.8 Å². The molecule has 0 aromatic carbocycles. The van der Waals surface area contributed by atoms with Gasteiger partial charge in [-0.2, -0.15) is 4.98 Å². The molecular formula is C14H17N5O5. The van der Waals surface area contributed by atoms with Crippen molar-refractivity contribution in [1.82, 2.24) is 19.5 Å². The lowest BCUT2D eigenvalue weighted by Gasteiger charge is -2.14. The summed E-state index contributed by atoms with van der Waals surface area (Å²) in [5.74, 6) is 5.61. The van der Waals surface area contributed by atoms with Gasteiger partial charge in [0.2, 0.25) is 5.95 Å². The van der Waals surface area contributed by atoms with E-state index in [0.29, 0.717) is 0 Å². The molecule has 1 saturated heterocycles. The smallest absolute Gasteiger partial charge is 0.280 e. The number of hydrogen-bond acceptors (Lipinski definition) is 8. The minimum absolute atomic E-state index is 0.0445. The first-order valence-electron chi connectivity index (χ1n) is 7.37. The molecule has 0 aliphatic carbocycles. The van der Waals surface area contributed by atoms with Crippen molar-refractivity contribution in [3.8, 4) is 11.8 Å². The minimum atomic E-state index is -0.866. The predicted octanol–water partition coefficient (Wildman–Crippen LogP) is -1.92. The number of fused-ring (bicyclic) bond motifs is 1. The van der Waals surface area contributed by atoms with Crippen LogP contribution in [0.25, 0.3) is 11.2 Å². The average Bonchev–Trinajstić information content (AvgIpc) is 3.07. The fraction of sp³-hybridized carbons (Fsp3) is 0.500. The van der Waals surface area contributed by atoms with Crippen molar-refractivity contribution in [1.29, 1.82) is 0 Å². The van der Waals surface area contributed by atoms with Crippen LogP contribution in [-0.4, -0.2) is 60.3 Å². The largest absolute Gasteiger partial charge is 0.395 e. The third-order valence-electron chi connectivity index (χ3n) is 3.68. The molecule has 0 bridgehead atoms. The van der Waals surface area contributed by atoms with Crippen molar-refractivity contribution < 1.29 is 20.1 Å². The highest BCUT2D eigenvalue weighted by molar-refractivity contribution is 5.72. The number of rotatable bonds is 3. The molecule has 6 N–H and O–H groups in total. The first-order valence-corrected chi connectivity index (χ1v) is 7.37. The Kier molecular flexibility index (Phi) is 4.50. The van der Waals surface area contributed by atoms with Gasteiger partial charge in [0, 0.05) is 12.8 Å². The van der Waals surface area contributed by atoms with Crippen molar-refractivity contribution in [3.63, 3.8) is 0 Å². The lowest BCUT2D eigenvalue weighted by atomic mass is 10.2. The molecule has 1 fully saturated rings. The molecule has 0 amide bonds. The van der Waals surface area contributed by atoms with Crippen molar-refractivity contribution in [2.45, 2.75) is 31.3 Å². The second-order valence-corrected chi connectivity index (χ2v) is 5.32. The molecule has 3 rings (SSSR count). The topological polar surface area (TPSA) is 160 Å². The van der Waals surface area contributed by atoms with Gasteiger partial charge < -0.3 is 25.8 Å². The van der Waals surface area contributed by atoms with E-state index in [0.717, 1.165) is 0 Å². The number of aliphatic hydroxyl groups is 3. The zero-order valence-electron chi connectivity index (χ0n) is 12.6. The van der Waals surface area contributed by atoms with Gasteiger partial charge in [-0.05, 0) is 5.92 Å². The molecular weight excluding hydrogens is 318 g/mol. The van der Waals surface area contributed by atoms with E-state index in [1.54, 1.807) is 0 Å². The number of aromatic nitrogens is 4. The first-order chi connectivity index (χ1) is 11.5. The summed E-state index contributed by atoms with van der Waals surface area (Å²) in [4.78, 5) is 22.6. The van der Waals surface area contributed by atoms with Crippen LogP contribution in [0.1, 0.15) is 24.9 Å². The van der Waals surface area contributed by atoms with Crippen LogP contribution < -0.4 is 11.3 Å². The molecule has 0 unspecified atom stereocenters. The summed E-state index contributed by atoms with van der Waals surface area (Å²) >= 11 is 0. The van der Waals surface area contributed by atoms with E-state index < -0.39 is 24.0 Å². The van der Waals surface area contributed by atoms with Gasteiger partial charge in [-0.25, -0.2) is 4.98 Å². The summed E-state index contributed by atoms with van der Waals surface area (Å²) in [6.45, 7) is -0.448. The number of nitrogens with two attached hydrogens (primary N) is 1. The Morgan fingerprint density at radius 2 is 2.21 bits per heavy atom. The number of H-pyrrole nitrogens is 1. The Morgan fingerprint density at radius 3 is 2.88 bits per heavy atom. The fourth-order valence-electron chi connectivity index (χ4n) is 2.60. The van der Waals surface area contributed by atoms with E-state index >= 15 is 0 Å². The maximum absolute atomic E-state index is 12.0. The van der Waals surface area contributed by atoms with E-state index in [1.165, 1.54) is 4.57 Å². The second-order valence-electron chi connectivity index (χ2n) is 5.32. The number of ether oxygens (including phenoxy) is 1. The third-order valence-corrected chi connectivity index (χ3v) is 3.68. The van der Waals surface area contributed by atoms with E-state index in [1.807, 2.05) is 0 Å². The molecule has 10 nitrogen and oxygen atoms in total. The molecule has 128 valence electrons. The molecule has 0 saturated carbocycles. The lowest BCUT2D eigenvalue weighted by molar-refractivity contribution is -0.0434. The van der Waals surface area contributed by atoms with Gasteiger partial charge in [-0.1, -0.05) is 5.92 Å². The molecule has 0 radical (unpaired) electrons. The Bertz CT molecular complexity index is 864. The molecule has 3 atom stereocenters. The third kappa shape index (κ3) is 2.85. The zero-order valence-corrected chi connectivity index (χ0v) is 12.6. The van der Waals surface area contributed by atoms with E-state index in [-0.39, 0.29) is 49.0 Å². The normalized spacial score (nSPS) is 23.4. The van der Waals surface area contributed by atoms with Gasteiger partial charge >= 0.3 is 0 Å². The van der Waals surface area contributed by atoms with Gasteiger partial charge in [0.05, 0.1) is 19.3 Å². The maximum atomic E-state index is 12.0. The van der Waals surface area contributed by atoms with Crippen LogP contribution in [0.3, 0.4) is 0 Å². The summed E-state index contributed by atoms with van der Waals surface area (Å²) in [5, 5.41) is 28.0. The number of nitrogen functional groups attached to an aromatic ring is 1. The number of anilines is 1. The predicted molar refractivity (Wildman–Crippen MR) is 82.8 cm³/mol. The summed E-state index contributed by atoms with van der Waals surface area (Å²) in [6.07, 6.45) is -1.89. The summed E-state index contributed by atoms with van der Waals surface area (Å²) in [7, 11) is 0. The average molecular weight is 335 g/mol. The van der Waals surface area contributed by atoms with Crippen LogP contribution in [0, 0.1) is 11.8 Å². The SMILES string of the molecule is Nc1nc2c(nc(C#CCCO)n2[C@H]2C[C@H](O)[C@@H](CO)O2)c(=O)[nH]1. The van der Waals surface area contributed by atoms with Crippen LogP contribution in [0.5, 0.6) is 0 Å². The standard InChI is InChI=1S/C14H17N5O5/c15-14-17-12-11(13(23)18-14)16-9(3-1-2-4-20)19(12)10-5-7(22)8(6-21)24-10/h7-8,10,20-22H,2,4-6H2,(H3,15,17,18,23)/t7-,8+,10+/m0/s1. The van der Waals surface area contributed by atoms with Crippen molar-refractivity contribution in [2.24, 2.45) is 0 Å². The highest BCUT2D eigenvalue weighted by Crippen LogP contribution is 2.31. The maximum Gasteiger partial charge on any atom is 0.280 e. The van der Waals surface area contributed by atoms with Gasteiger partial charge in [-0.15, -0.1) is 0 Å². The van der Waals surface area contributed by atoms with Crippen molar-refractivity contribution in [3.05, 3.63) is 16.2 Å². The van der Waals surface area contributed by atoms with Gasteiger partial charge in [0.25, 0.3) is 5.56 Å². The van der Waals surface area contributed by atoms with E-state index in [4.69, 9.17) is 15.6 Å². The Labute approximate surface area is 135 Å². The minimum Gasteiger partial charge on any atom is -0.395 e. The van der Waals surface area contributed by atoms with Crippen LogP contribution >= 0.6 is 0 Å². The monoisotopic (exact) mass is 335 g/mol. The quantitative estimate of drug-likeness (QED) is 0.406. The van der Waals surface area contributed by atoms with Gasteiger partial charge in [-0.3, -0.25) is 14.3 Å². The molecule has 10 heteroatoms. The zero-order chi connectivity index (χ0) is 17.3. The highest BCUT2D eigenvalue weighted by Gasteiger charge is 2.36. The molecule has 2 aromatic heterocycles. The number of nitrogens with one attached hydrogen (secondary N) is 1. The molecule has 3 heterocycles.